The highest BCUT2D eigenvalue weighted by atomic mass is 16.5. The van der Waals surface area contributed by atoms with Crippen LogP contribution in [0, 0.1) is 0 Å². The predicted octanol–water partition coefficient (Wildman–Crippen LogP) is 2.37. The average molecular weight is 263 g/mol. The van der Waals surface area contributed by atoms with Crippen LogP contribution in [0.15, 0.2) is 18.3 Å². The molecule has 0 radical (unpaired) electrons. The molecule has 0 spiro atoms. The second-order valence-electron chi connectivity index (χ2n) is 5.22. The quantitative estimate of drug-likeness (QED) is 0.885. The number of hydrogen-bond acceptors (Lipinski definition) is 4. The first-order chi connectivity index (χ1) is 9.22. The van der Waals surface area contributed by atoms with Crippen LogP contribution in [0.3, 0.4) is 0 Å². The molecule has 0 amide bonds. The van der Waals surface area contributed by atoms with Crippen molar-refractivity contribution in [2.24, 2.45) is 0 Å². The summed E-state index contributed by atoms with van der Waals surface area (Å²) in [5, 5.41) is 3.54. The molecule has 1 fully saturated rings. The molecule has 1 aromatic heterocycles. The standard InChI is InChI=1S/C15H25N3O/c1-4-7-16-13(3)14-6-5-8-17-15(14)18-9-10-19-12(2)11-18/h5-6,8,12-13,16H,4,7,9-11H2,1-3H3. The van der Waals surface area contributed by atoms with Crippen molar-refractivity contribution in [3.05, 3.63) is 23.9 Å². The van der Waals surface area contributed by atoms with Crippen LogP contribution in [0.25, 0.3) is 0 Å². The van der Waals surface area contributed by atoms with Crippen molar-refractivity contribution in [3.8, 4) is 0 Å². The summed E-state index contributed by atoms with van der Waals surface area (Å²) in [4.78, 5) is 6.94. The van der Waals surface area contributed by atoms with Crippen molar-refractivity contribution in [1.82, 2.24) is 10.3 Å². The van der Waals surface area contributed by atoms with Gasteiger partial charge in [-0.3, -0.25) is 0 Å². The van der Waals surface area contributed by atoms with E-state index in [0.29, 0.717) is 6.04 Å². The number of aromatic nitrogens is 1. The van der Waals surface area contributed by atoms with Gasteiger partial charge in [0.05, 0.1) is 12.7 Å². The minimum atomic E-state index is 0.280. The number of pyridine rings is 1. The Labute approximate surface area is 116 Å². The van der Waals surface area contributed by atoms with Crippen LogP contribution >= 0.6 is 0 Å². The van der Waals surface area contributed by atoms with Gasteiger partial charge in [0.2, 0.25) is 0 Å². The summed E-state index contributed by atoms with van der Waals surface area (Å²) in [6.45, 7) is 10.2. The fourth-order valence-corrected chi connectivity index (χ4v) is 2.49. The van der Waals surface area contributed by atoms with Crippen LogP contribution < -0.4 is 10.2 Å². The SMILES string of the molecule is CCCNC(C)c1cccnc1N1CCOC(C)C1. The van der Waals surface area contributed by atoms with Gasteiger partial charge < -0.3 is 15.0 Å². The first kappa shape index (κ1) is 14.3. The molecule has 2 unspecified atom stereocenters. The third-order valence-corrected chi connectivity index (χ3v) is 3.52. The number of hydrogen-bond donors (Lipinski definition) is 1. The van der Waals surface area contributed by atoms with Gasteiger partial charge in [-0.15, -0.1) is 0 Å². The van der Waals surface area contributed by atoms with Gasteiger partial charge in [0.15, 0.2) is 0 Å². The van der Waals surface area contributed by atoms with Crippen LogP contribution in [-0.4, -0.2) is 37.3 Å². The smallest absolute Gasteiger partial charge is 0.133 e. The molecule has 1 aliphatic heterocycles. The van der Waals surface area contributed by atoms with E-state index in [4.69, 9.17) is 4.74 Å². The van der Waals surface area contributed by atoms with Gasteiger partial charge in [0.25, 0.3) is 0 Å². The van der Waals surface area contributed by atoms with Crippen molar-refractivity contribution in [2.75, 3.05) is 31.1 Å². The fourth-order valence-electron chi connectivity index (χ4n) is 2.49. The molecule has 106 valence electrons. The molecule has 4 heteroatoms. The molecule has 0 bridgehead atoms. The number of anilines is 1. The summed E-state index contributed by atoms with van der Waals surface area (Å²) in [5.74, 6) is 1.11. The van der Waals surface area contributed by atoms with Gasteiger partial charge in [-0.2, -0.15) is 0 Å². The van der Waals surface area contributed by atoms with Crippen LogP contribution in [0.5, 0.6) is 0 Å². The lowest BCUT2D eigenvalue weighted by Gasteiger charge is -2.34. The van der Waals surface area contributed by atoms with Crippen molar-refractivity contribution >= 4 is 5.82 Å². The van der Waals surface area contributed by atoms with E-state index in [1.54, 1.807) is 0 Å². The topological polar surface area (TPSA) is 37.4 Å². The highest BCUT2D eigenvalue weighted by molar-refractivity contribution is 5.48. The predicted molar refractivity (Wildman–Crippen MR) is 78.6 cm³/mol. The molecule has 2 atom stereocenters. The second kappa shape index (κ2) is 6.87. The lowest BCUT2D eigenvalue weighted by atomic mass is 10.1. The summed E-state index contributed by atoms with van der Waals surface area (Å²) in [7, 11) is 0. The lowest BCUT2D eigenvalue weighted by Crippen LogP contribution is -2.42. The van der Waals surface area contributed by atoms with Crippen molar-refractivity contribution < 1.29 is 4.74 Å². The number of morpholine rings is 1. The maximum absolute atomic E-state index is 5.61. The van der Waals surface area contributed by atoms with Crippen molar-refractivity contribution in [2.45, 2.75) is 39.3 Å². The van der Waals surface area contributed by atoms with E-state index in [0.717, 1.165) is 38.5 Å². The summed E-state index contributed by atoms with van der Waals surface area (Å²) in [6.07, 6.45) is 3.31. The Morgan fingerprint density at radius 3 is 3.16 bits per heavy atom. The van der Waals surface area contributed by atoms with Gasteiger partial charge in [-0.25, -0.2) is 4.98 Å². The van der Waals surface area contributed by atoms with E-state index in [9.17, 15) is 0 Å². The van der Waals surface area contributed by atoms with Crippen molar-refractivity contribution in [3.63, 3.8) is 0 Å². The van der Waals surface area contributed by atoms with Crippen LogP contribution in [0.2, 0.25) is 0 Å². The van der Waals surface area contributed by atoms with Gasteiger partial charge in [-0.05, 0) is 32.9 Å². The third kappa shape index (κ3) is 3.67. The zero-order chi connectivity index (χ0) is 13.7. The van der Waals surface area contributed by atoms with Gasteiger partial charge in [0.1, 0.15) is 5.82 Å². The van der Waals surface area contributed by atoms with Crippen LogP contribution in [0.4, 0.5) is 5.82 Å². The summed E-state index contributed by atoms with van der Waals surface area (Å²) in [5.41, 5.74) is 1.28. The summed E-state index contributed by atoms with van der Waals surface area (Å²) >= 11 is 0. The fraction of sp³-hybridized carbons (Fsp3) is 0.667. The molecule has 2 heterocycles. The third-order valence-electron chi connectivity index (χ3n) is 3.52. The molecule has 1 saturated heterocycles. The van der Waals surface area contributed by atoms with E-state index in [2.05, 4.69) is 42.0 Å². The molecule has 4 nitrogen and oxygen atoms in total. The van der Waals surface area contributed by atoms with Crippen LogP contribution in [0.1, 0.15) is 38.8 Å². The first-order valence-corrected chi connectivity index (χ1v) is 7.27. The Hall–Kier alpha value is -1.13. The Morgan fingerprint density at radius 2 is 2.42 bits per heavy atom. The Kier molecular flexibility index (Phi) is 5.16. The Morgan fingerprint density at radius 1 is 1.58 bits per heavy atom. The van der Waals surface area contributed by atoms with Crippen molar-refractivity contribution in [1.29, 1.82) is 0 Å². The molecular weight excluding hydrogens is 238 g/mol. The molecule has 1 aliphatic rings. The Bertz CT molecular complexity index is 397. The maximum atomic E-state index is 5.61. The zero-order valence-corrected chi connectivity index (χ0v) is 12.2. The molecule has 0 saturated carbocycles. The normalized spacial score (nSPS) is 21.4. The number of rotatable bonds is 5. The number of nitrogens with one attached hydrogen (secondary N) is 1. The zero-order valence-electron chi connectivity index (χ0n) is 12.2. The minimum Gasteiger partial charge on any atom is -0.375 e. The van der Waals surface area contributed by atoms with Gasteiger partial charge in [0, 0.05) is 30.9 Å². The molecule has 19 heavy (non-hydrogen) atoms. The molecule has 1 N–H and O–H groups in total. The monoisotopic (exact) mass is 263 g/mol. The second-order valence-corrected chi connectivity index (χ2v) is 5.22. The van der Waals surface area contributed by atoms with Gasteiger partial charge in [-0.1, -0.05) is 13.0 Å². The van der Waals surface area contributed by atoms with E-state index < -0.39 is 0 Å². The van der Waals surface area contributed by atoms with Crippen LogP contribution in [-0.2, 0) is 4.74 Å². The van der Waals surface area contributed by atoms with Gasteiger partial charge >= 0.3 is 0 Å². The highest BCUT2D eigenvalue weighted by Gasteiger charge is 2.21. The van der Waals surface area contributed by atoms with E-state index in [1.165, 1.54) is 5.56 Å². The molecular formula is C15H25N3O. The molecule has 0 aromatic carbocycles. The highest BCUT2D eigenvalue weighted by Crippen LogP contribution is 2.25. The molecule has 2 rings (SSSR count). The summed E-state index contributed by atoms with van der Waals surface area (Å²) < 4.78 is 5.61. The first-order valence-electron chi connectivity index (χ1n) is 7.27. The minimum absolute atomic E-state index is 0.280. The molecule has 0 aliphatic carbocycles. The molecule has 1 aromatic rings. The Balaban J connectivity index is 2.15. The average Bonchev–Trinajstić information content (AvgIpc) is 2.45. The lowest BCUT2D eigenvalue weighted by molar-refractivity contribution is 0.0528. The van der Waals surface area contributed by atoms with E-state index >= 15 is 0 Å². The van der Waals surface area contributed by atoms with E-state index in [1.807, 2.05) is 12.3 Å². The van der Waals surface area contributed by atoms with E-state index in [-0.39, 0.29) is 6.10 Å². The number of nitrogens with zero attached hydrogens (tertiary/aromatic N) is 2. The maximum Gasteiger partial charge on any atom is 0.133 e. The summed E-state index contributed by atoms with van der Waals surface area (Å²) in [6, 6.07) is 4.53. The number of ether oxygens (including phenoxy) is 1. The largest absolute Gasteiger partial charge is 0.375 e.